The monoisotopic (exact) mass is 395 g/mol. The summed E-state index contributed by atoms with van der Waals surface area (Å²) < 4.78 is 2.08. The number of carbonyl (C=O) groups excluding carboxylic acids is 1. The highest BCUT2D eigenvalue weighted by Crippen LogP contribution is 2.35. The Bertz CT molecular complexity index is 674. The molecule has 0 amide bonds. The van der Waals surface area contributed by atoms with Crippen LogP contribution in [0, 0.1) is 13.8 Å². The molecule has 1 atom stereocenters. The summed E-state index contributed by atoms with van der Waals surface area (Å²) in [4.78, 5) is 12.9. The van der Waals surface area contributed by atoms with Gasteiger partial charge >= 0.3 is 0 Å². The first kappa shape index (κ1) is 14.1. The summed E-state index contributed by atoms with van der Waals surface area (Å²) in [7, 11) is 0. The number of dihydropyridines is 1. The molecule has 0 spiro atoms. The lowest BCUT2D eigenvalue weighted by molar-refractivity contribution is 0.0963. The summed E-state index contributed by atoms with van der Waals surface area (Å²) in [6.07, 6.45) is 5.73. The fraction of sp³-hybridized carbons (Fsp3) is 0.312. The van der Waals surface area contributed by atoms with E-state index in [1.807, 2.05) is 13.1 Å². The van der Waals surface area contributed by atoms with Crippen molar-refractivity contribution in [2.24, 2.45) is 0 Å². The van der Waals surface area contributed by atoms with Crippen LogP contribution in [0.3, 0.4) is 0 Å². The molecule has 1 N–H and O–H groups in total. The number of fused-ring (bicyclic) bond motifs is 2. The summed E-state index contributed by atoms with van der Waals surface area (Å²) in [6.45, 7) is 4.11. The number of hydrogen-bond acceptors (Lipinski definition) is 2. The predicted molar refractivity (Wildman–Crippen MR) is 88.3 cm³/mol. The van der Waals surface area contributed by atoms with Crippen molar-refractivity contribution in [3.05, 3.63) is 55.1 Å². The highest BCUT2D eigenvalue weighted by molar-refractivity contribution is 9.12. The number of aryl methyl sites for hydroxylation is 2. The van der Waals surface area contributed by atoms with E-state index in [1.54, 1.807) is 0 Å². The van der Waals surface area contributed by atoms with E-state index in [4.69, 9.17) is 0 Å². The minimum Gasteiger partial charge on any atom is -0.377 e. The number of nitrogens with one attached hydrogen (secondary N) is 1. The van der Waals surface area contributed by atoms with Crippen LogP contribution in [0.25, 0.3) is 0 Å². The summed E-state index contributed by atoms with van der Waals surface area (Å²) >= 11 is 7.13. The molecule has 4 heteroatoms. The Hall–Kier alpha value is -0.870. The van der Waals surface area contributed by atoms with Crippen LogP contribution in [0.5, 0.6) is 0 Å². The van der Waals surface area contributed by atoms with Crippen LogP contribution in [-0.4, -0.2) is 11.8 Å². The van der Waals surface area contributed by atoms with E-state index in [2.05, 4.69) is 56.2 Å². The largest absolute Gasteiger partial charge is 0.377 e. The summed E-state index contributed by atoms with van der Waals surface area (Å²) in [5.74, 6) is 0.179. The lowest BCUT2D eigenvalue weighted by Gasteiger charge is -2.22. The van der Waals surface area contributed by atoms with Crippen molar-refractivity contribution in [3.63, 3.8) is 0 Å². The first-order chi connectivity index (χ1) is 9.49. The Labute approximate surface area is 135 Å². The molecule has 0 fully saturated rings. The zero-order chi connectivity index (χ0) is 14.4. The van der Waals surface area contributed by atoms with Gasteiger partial charge in [-0.25, -0.2) is 0 Å². The Kier molecular flexibility index (Phi) is 3.63. The first-order valence-electron chi connectivity index (χ1n) is 6.64. The molecule has 3 rings (SSSR count). The molecule has 1 aliphatic heterocycles. The third-order valence-electron chi connectivity index (χ3n) is 3.99. The number of Topliss-reactive ketones (excluding diaryl/α,β-unsaturated/α-hetero) is 1. The maximum Gasteiger partial charge on any atom is 0.189 e. The lowest BCUT2D eigenvalue weighted by atomic mass is 9.92. The molecule has 1 heterocycles. The first-order valence-corrected chi connectivity index (χ1v) is 8.22. The van der Waals surface area contributed by atoms with Crippen molar-refractivity contribution in [3.8, 4) is 0 Å². The molecule has 1 aliphatic carbocycles. The number of benzene rings is 1. The van der Waals surface area contributed by atoms with Crippen molar-refractivity contribution in [1.82, 2.24) is 5.32 Å². The predicted octanol–water partition coefficient (Wildman–Crippen LogP) is 4.33. The van der Waals surface area contributed by atoms with Crippen molar-refractivity contribution in [1.29, 1.82) is 0 Å². The van der Waals surface area contributed by atoms with Gasteiger partial charge in [-0.2, -0.15) is 0 Å². The van der Waals surface area contributed by atoms with Crippen molar-refractivity contribution < 1.29 is 4.79 Å². The Morgan fingerprint density at radius 1 is 1.20 bits per heavy atom. The molecule has 1 unspecified atom stereocenters. The molecule has 0 radical (unpaired) electrons. The van der Waals surface area contributed by atoms with Gasteiger partial charge in [0.05, 0.1) is 0 Å². The van der Waals surface area contributed by atoms with Crippen LogP contribution in [0.2, 0.25) is 0 Å². The topological polar surface area (TPSA) is 29.1 Å². The van der Waals surface area contributed by atoms with Gasteiger partial charge in [0.2, 0.25) is 0 Å². The Balaban J connectivity index is 2.17. The zero-order valence-electron chi connectivity index (χ0n) is 11.4. The maximum absolute atomic E-state index is 12.9. The Morgan fingerprint density at radius 3 is 2.70 bits per heavy atom. The van der Waals surface area contributed by atoms with Gasteiger partial charge in [0.15, 0.2) is 5.78 Å². The van der Waals surface area contributed by atoms with Gasteiger partial charge in [-0.05, 0) is 71.0 Å². The normalized spacial score (nSPS) is 21.2. The standard InChI is InChI=1S/C16H15Br2NO/c1-8-5-9(2)14(18)12-4-3-10-6-11(17)7-19-15(10)16(20)13(8)12/h5-7,15,19H,3-4H2,1-2H3. The van der Waals surface area contributed by atoms with Crippen LogP contribution < -0.4 is 5.32 Å². The number of allylic oxidation sites excluding steroid dienone is 2. The van der Waals surface area contributed by atoms with Crippen molar-refractivity contribution >= 4 is 37.6 Å². The molecule has 0 saturated carbocycles. The minimum atomic E-state index is -0.217. The maximum atomic E-state index is 12.9. The van der Waals surface area contributed by atoms with Crippen molar-refractivity contribution in [2.45, 2.75) is 32.7 Å². The van der Waals surface area contributed by atoms with Crippen LogP contribution in [0.15, 0.2) is 32.9 Å². The fourth-order valence-electron chi connectivity index (χ4n) is 3.07. The quantitative estimate of drug-likeness (QED) is 0.707. The number of ketones is 1. The zero-order valence-corrected chi connectivity index (χ0v) is 14.6. The smallest absolute Gasteiger partial charge is 0.189 e. The fourth-order valence-corrected chi connectivity index (χ4v) is 4.01. The van der Waals surface area contributed by atoms with E-state index >= 15 is 0 Å². The van der Waals surface area contributed by atoms with Crippen LogP contribution >= 0.6 is 31.9 Å². The number of halogens is 2. The van der Waals surface area contributed by atoms with Gasteiger partial charge in [-0.15, -0.1) is 0 Å². The molecule has 104 valence electrons. The Morgan fingerprint density at radius 2 is 1.95 bits per heavy atom. The van der Waals surface area contributed by atoms with Crippen LogP contribution in [0.1, 0.15) is 33.5 Å². The minimum absolute atomic E-state index is 0.179. The van der Waals surface area contributed by atoms with Gasteiger partial charge in [-0.3, -0.25) is 4.79 Å². The van der Waals surface area contributed by atoms with E-state index < -0.39 is 0 Å². The molecule has 0 bridgehead atoms. The summed E-state index contributed by atoms with van der Waals surface area (Å²) in [5.41, 5.74) is 5.46. The van der Waals surface area contributed by atoms with Gasteiger partial charge in [0.1, 0.15) is 6.04 Å². The van der Waals surface area contributed by atoms with Crippen molar-refractivity contribution in [2.75, 3.05) is 0 Å². The summed E-state index contributed by atoms with van der Waals surface area (Å²) in [5, 5.41) is 3.22. The third kappa shape index (κ3) is 2.19. The van der Waals surface area contributed by atoms with Gasteiger partial charge in [-0.1, -0.05) is 22.0 Å². The lowest BCUT2D eigenvalue weighted by Crippen LogP contribution is -2.36. The highest BCUT2D eigenvalue weighted by Gasteiger charge is 2.32. The van der Waals surface area contributed by atoms with E-state index in [0.29, 0.717) is 0 Å². The molecule has 0 aromatic heterocycles. The van der Waals surface area contributed by atoms with E-state index in [0.717, 1.165) is 44.1 Å². The van der Waals surface area contributed by atoms with E-state index in [9.17, 15) is 4.79 Å². The van der Waals surface area contributed by atoms with Gasteiger partial charge in [0, 0.05) is 20.7 Å². The van der Waals surface area contributed by atoms with E-state index in [-0.39, 0.29) is 11.8 Å². The molecular weight excluding hydrogens is 382 g/mol. The molecular formula is C16H15Br2NO. The molecule has 2 aliphatic rings. The van der Waals surface area contributed by atoms with E-state index in [1.165, 1.54) is 5.56 Å². The van der Waals surface area contributed by atoms with Crippen LogP contribution in [-0.2, 0) is 6.42 Å². The average molecular weight is 397 g/mol. The summed E-state index contributed by atoms with van der Waals surface area (Å²) in [6, 6.07) is 1.87. The molecule has 1 aromatic carbocycles. The second kappa shape index (κ2) is 5.15. The molecule has 20 heavy (non-hydrogen) atoms. The third-order valence-corrected chi connectivity index (χ3v) is 5.56. The molecule has 2 nitrogen and oxygen atoms in total. The SMILES string of the molecule is Cc1cc(C)c2c(c1Br)CCC1=CC(Br)=CNC1C2=O. The molecule has 0 saturated heterocycles. The average Bonchev–Trinajstić information content (AvgIpc) is 2.54. The number of carbonyl (C=O) groups is 1. The molecule has 1 aromatic rings. The second-order valence-corrected chi connectivity index (χ2v) is 7.10. The van der Waals surface area contributed by atoms with Gasteiger partial charge < -0.3 is 5.32 Å². The van der Waals surface area contributed by atoms with Crippen LogP contribution in [0.4, 0.5) is 0 Å². The highest BCUT2D eigenvalue weighted by atomic mass is 79.9. The number of rotatable bonds is 0. The second-order valence-electron chi connectivity index (χ2n) is 5.39. The van der Waals surface area contributed by atoms with Gasteiger partial charge in [0.25, 0.3) is 0 Å². The number of hydrogen-bond donors (Lipinski definition) is 1.